The summed E-state index contributed by atoms with van der Waals surface area (Å²) in [6.45, 7) is 5.05. The molecule has 0 radical (unpaired) electrons. The van der Waals surface area contributed by atoms with Gasteiger partial charge in [0.05, 0.1) is 31.6 Å². The van der Waals surface area contributed by atoms with Gasteiger partial charge in [0.25, 0.3) is 5.88 Å². The lowest BCUT2D eigenvalue weighted by Gasteiger charge is -2.28. The molecular weight excluding hydrogens is 334 g/mol. The Labute approximate surface area is 150 Å². The standard InChI is InChI=1S/C17H19N7O2/c1-10(2)26-16-14(7-23(3)22-16)20-17-19-6-11-4-12(5-18)24(15(11)21-17)13-8-25-9-13/h4,6-7,10,13H,8-9H2,1-3H3,(H,19,20,21). The average molecular weight is 353 g/mol. The van der Waals surface area contributed by atoms with Crippen LogP contribution in [0.2, 0.25) is 0 Å². The molecule has 0 aliphatic carbocycles. The minimum absolute atomic E-state index is 0.00267. The Balaban J connectivity index is 1.71. The SMILES string of the molecule is CC(C)Oc1nn(C)cc1Nc1ncc2cc(C#N)n(C3COC3)c2n1. The van der Waals surface area contributed by atoms with Crippen LogP contribution in [0.25, 0.3) is 11.0 Å². The average Bonchev–Trinajstić information content (AvgIpc) is 3.06. The lowest BCUT2D eigenvalue weighted by molar-refractivity contribution is -0.0219. The van der Waals surface area contributed by atoms with E-state index in [1.807, 2.05) is 31.7 Å². The number of rotatable bonds is 5. The highest BCUT2D eigenvalue weighted by molar-refractivity contribution is 5.79. The normalized spacial score (nSPS) is 14.4. The van der Waals surface area contributed by atoms with Crippen molar-refractivity contribution in [2.24, 2.45) is 7.05 Å². The van der Waals surface area contributed by atoms with Crippen LogP contribution in [0.1, 0.15) is 25.6 Å². The molecule has 3 aromatic heterocycles. The number of anilines is 2. The Kier molecular flexibility index (Phi) is 3.97. The summed E-state index contributed by atoms with van der Waals surface area (Å²) in [5, 5.41) is 17.7. The van der Waals surface area contributed by atoms with Crippen molar-refractivity contribution in [2.75, 3.05) is 18.5 Å². The molecule has 0 spiro atoms. The smallest absolute Gasteiger partial charge is 0.257 e. The van der Waals surface area contributed by atoms with Crippen molar-refractivity contribution in [3.05, 3.63) is 24.2 Å². The second kappa shape index (κ2) is 6.31. The number of aryl methyl sites for hydroxylation is 1. The topological polar surface area (TPSA) is 103 Å². The predicted molar refractivity (Wildman–Crippen MR) is 94.4 cm³/mol. The van der Waals surface area contributed by atoms with Crippen LogP contribution in [-0.2, 0) is 11.8 Å². The lowest BCUT2D eigenvalue weighted by atomic mass is 10.2. The molecule has 1 aliphatic rings. The number of ether oxygens (including phenoxy) is 2. The Morgan fingerprint density at radius 3 is 2.88 bits per heavy atom. The van der Waals surface area contributed by atoms with E-state index in [-0.39, 0.29) is 12.1 Å². The van der Waals surface area contributed by atoms with Crippen LogP contribution in [0.3, 0.4) is 0 Å². The number of nitrogens with one attached hydrogen (secondary N) is 1. The van der Waals surface area contributed by atoms with Gasteiger partial charge in [0.15, 0.2) is 0 Å². The van der Waals surface area contributed by atoms with Crippen molar-refractivity contribution in [2.45, 2.75) is 26.0 Å². The first kappa shape index (κ1) is 16.4. The first-order valence-corrected chi connectivity index (χ1v) is 8.38. The summed E-state index contributed by atoms with van der Waals surface area (Å²) >= 11 is 0. The van der Waals surface area contributed by atoms with Gasteiger partial charge in [-0.3, -0.25) is 4.68 Å². The molecule has 26 heavy (non-hydrogen) atoms. The van der Waals surface area contributed by atoms with Gasteiger partial charge in [-0.1, -0.05) is 0 Å². The Morgan fingerprint density at radius 2 is 2.23 bits per heavy atom. The van der Waals surface area contributed by atoms with E-state index < -0.39 is 0 Å². The first-order valence-electron chi connectivity index (χ1n) is 8.38. The van der Waals surface area contributed by atoms with Crippen LogP contribution < -0.4 is 10.1 Å². The molecule has 1 N–H and O–H groups in total. The summed E-state index contributed by atoms with van der Waals surface area (Å²) in [4.78, 5) is 8.97. The highest BCUT2D eigenvalue weighted by Gasteiger charge is 2.26. The largest absolute Gasteiger partial charge is 0.472 e. The zero-order valence-corrected chi connectivity index (χ0v) is 14.8. The molecular formula is C17H19N7O2. The minimum atomic E-state index is 0.00267. The van der Waals surface area contributed by atoms with E-state index in [9.17, 15) is 5.26 Å². The summed E-state index contributed by atoms with van der Waals surface area (Å²) in [7, 11) is 1.82. The second-order valence-corrected chi connectivity index (χ2v) is 6.49. The molecule has 9 heteroatoms. The maximum atomic E-state index is 9.41. The molecule has 1 saturated heterocycles. The summed E-state index contributed by atoms with van der Waals surface area (Å²) in [5.74, 6) is 0.912. The molecule has 3 aromatic rings. The van der Waals surface area contributed by atoms with E-state index in [0.29, 0.717) is 42.1 Å². The second-order valence-electron chi connectivity index (χ2n) is 6.49. The number of aromatic nitrogens is 5. The zero-order chi connectivity index (χ0) is 18.3. The third kappa shape index (κ3) is 2.84. The van der Waals surface area contributed by atoms with Crippen LogP contribution in [0, 0.1) is 11.3 Å². The molecule has 0 bridgehead atoms. The monoisotopic (exact) mass is 353 g/mol. The molecule has 0 saturated carbocycles. The maximum Gasteiger partial charge on any atom is 0.257 e. The summed E-state index contributed by atoms with van der Waals surface area (Å²) in [6, 6.07) is 4.15. The van der Waals surface area contributed by atoms with Crippen molar-refractivity contribution in [3.8, 4) is 11.9 Å². The zero-order valence-electron chi connectivity index (χ0n) is 14.8. The van der Waals surface area contributed by atoms with E-state index in [1.165, 1.54) is 0 Å². The van der Waals surface area contributed by atoms with Crippen molar-refractivity contribution in [3.63, 3.8) is 0 Å². The van der Waals surface area contributed by atoms with Gasteiger partial charge in [-0.05, 0) is 19.9 Å². The third-order valence-corrected chi connectivity index (χ3v) is 4.06. The summed E-state index contributed by atoms with van der Waals surface area (Å²) < 4.78 is 14.6. The van der Waals surface area contributed by atoms with E-state index in [4.69, 9.17) is 9.47 Å². The van der Waals surface area contributed by atoms with Crippen molar-refractivity contribution >= 4 is 22.7 Å². The Bertz CT molecular complexity index is 995. The fraction of sp³-hybridized carbons (Fsp3) is 0.412. The lowest BCUT2D eigenvalue weighted by Crippen LogP contribution is -2.31. The molecule has 134 valence electrons. The number of hydrogen-bond donors (Lipinski definition) is 1. The van der Waals surface area contributed by atoms with Gasteiger partial charge in [-0.2, -0.15) is 10.2 Å². The van der Waals surface area contributed by atoms with Gasteiger partial charge in [0.1, 0.15) is 23.1 Å². The Hall–Kier alpha value is -3.12. The molecule has 4 heterocycles. The van der Waals surface area contributed by atoms with Gasteiger partial charge in [0, 0.05) is 18.6 Å². The van der Waals surface area contributed by atoms with Crippen molar-refractivity contribution < 1.29 is 9.47 Å². The van der Waals surface area contributed by atoms with E-state index in [2.05, 4.69) is 26.5 Å². The molecule has 0 unspecified atom stereocenters. The first-order chi connectivity index (χ1) is 12.5. The molecule has 9 nitrogen and oxygen atoms in total. The highest BCUT2D eigenvalue weighted by Crippen LogP contribution is 2.29. The van der Waals surface area contributed by atoms with Gasteiger partial charge < -0.3 is 19.4 Å². The molecule has 0 amide bonds. The van der Waals surface area contributed by atoms with Crippen LogP contribution in [0.5, 0.6) is 5.88 Å². The molecule has 1 aliphatic heterocycles. The number of nitriles is 1. The molecule has 1 fully saturated rings. The van der Waals surface area contributed by atoms with E-state index in [0.717, 1.165) is 5.39 Å². The minimum Gasteiger partial charge on any atom is -0.472 e. The molecule has 4 rings (SSSR count). The van der Waals surface area contributed by atoms with Gasteiger partial charge in [-0.15, -0.1) is 5.10 Å². The van der Waals surface area contributed by atoms with E-state index in [1.54, 1.807) is 16.9 Å². The van der Waals surface area contributed by atoms with Crippen LogP contribution in [0.4, 0.5) is 11.6 Å². The van der Waals surface area contributed by atoms with E-state index >= 15 is 0 Å². The molecule has 0 aromatic carbocycles. The number of nitrogens with zero attached hydrogens (tertiary/aromatic N) is 6. The summed E-state index contributed by atoms with van der Waals surface area (Å²) in [6.07, 6.45) is 3.52. The quantitative estimate of drug-likeness (QED) is 0.749. The highest BCUT2D eigenvalue weighted by atomic mass is 16.5. The van der Waals surface area contributed by atoms with Gasteiger partial charge >= 0.3 is 0 Å². The summed E-state index contributed by atoms with van der Waals surface area (Å²) in [5.41, 5.74) is 1.96. The number of fused-ring (bicyclic) bond motifs is 1. The fourth-order valence-corrected chi connectivity index (χ4v) is 2.88. The maximum absolute atomic E-state index is 9.41. The predicted octanol–water partition coefficient (Wildman–Crippen LogP) is 2.14. The number of hydrogen-bond acceptors (Lipinski definition) is 7. The van der Waals surface area contributed by atoms with Crippen LogP contribution in [0.15, 0.2) is 18.5 Å². The third-order valence-electron chi connectivity index (χ3n) is 4.06. The van der Waals surface area contributed by atoms with Gasteiger partial charge in [0.2, 0.25) is 5.95 Å². The van der Waals surface area contributed by atoms with Gasteiger partial charge in [-0.25, -0.2) is 4.98 Å². The van der Waals surface area contributed by atoms with Crippen molar-refractivity contribution in [1.82, 2.24) is 24.3 Å². The molecule has 0 atom stereocenters. The van der Waals surface area contributed by atoms with Crippen LogP contribution >= 0.6 is 0 Å². The Morgan fingerprint density at radius 1 is 1.42 bits per heavy atom. The van der Waals surface area contributed by atoms with Crippen LogP contribution in [-0.4, -0.2) is 43.6 Å². The van der Waals surface area contributed by atoms with Crippen molar-refractivity contribution in [1.29, 1.82) is 5.26 Å². The fourth-order valence-electron chi connectivity index (χ4n) is 2.88.